The number of hydrogen-bond acceptors (Lipinski definition) is 5. The molecule has 126 valence electrons. The minimum atomic E-state index is -0.156. The quantitative estimate of drug-likeness (QED) is 0.784. The zero-order chi connectivity index (χ0) is 17.1. The maximum Gasteiger partial charge on any atom is 0.254 e. The van der Waals surface area contributed by atoms with Crippen LogP contribution in [-0.2, 0) is 6.42 Å². The highest BCUT2D eigenvalue weighted by Crippen LogP contribution is 2.26. The van der Waals surface area contributed by atoms with E-state index in [4.69, 9.17) is 4.74 Å². The Bertz CT molecular complexity index is 863. The molecule has 1 unspecified atom stereocenters. The van der Waals surface area contributed by atoms with E-state index in [9.17, 15) is 4.79 Å². The van der Waals surface area contributed by atoms with E-state index < -0.39 is 0 Å². The zero-order valence-electron chi connectivity index (χ0n) is 13.5. The molecule has 1 aliphatic heterocycles. The maximum absolute atomic E-state index is 12.3. The molecule has 5 nitrogen and oxygen atoms in total. The Hall–Kier alpha value is -2.73. The van der Waals surface area contributed by atoms with Gasteiger partial charge in [0.1, 0.15) is 5.75 Å². The van der Waals surface area contributed by atoms with Gasteiger partial charge in [-0.15, -0.1) is 11.3 Å². The van der Waals surface area contributed by atoms with Crippen molar-refractivity contribution in [1.82, 2.24) is 15.3 Å². The molecule has 0 radical (unpaired) electrons. The highest BCUT2D eigenvalue weighted by Gasteiger charge is 2.20. The molecule has 1 aromatic carbocycles. The molecule has 6 heteroatoms. The van der Waals surface area contributed by atoms with Crippen LogP contribution < -0.4 is 10.1 Å². The van der Waals surface area contributed by atoms with E-state index in [0.29, 0.717) is 24.5 Å². The van der Waals surface area contributed by atoms with Crippen LogP contribution in [0.1, 0.15) is 15.9 Å². The van der Waals surface area contributed by atoms with Crippen LogP contribution in [0.5, 0.6) is 5.75 Å². The summed E-state index contributed by atoms with van der Waals surface area (Å²) in [5.41, 5.74) is 1.66. The molecule has 0 saturated carbocycles. The number of carbonyl (C=O) groups is 1. The van der Waals surface area contributed by atoms with Crippen molar-refractivity contribution in [1.29, 1.82) is 0 Å². The minimum Gasteiger partial charge on any atom is -0.493 e. The van der Waals surface area contributed by atoms with E-state index in [1.165, 1.54) is 5.56 Å². The number of carbonyl (C=O) groups excluding carboxylic acids is 1. The van der Waals surface area contributed by atoms with Crippen molar-refractivity contribution in [3.8, 4) is 16.5 Å². The highest BCUT2D eigenvalue weighted by atomic mass is 32.1. The van der Waals surface area contributed by atoms with Crippen LogP contribution >= 0.6 is 11.3 Å². The summed E-state index contributed by atoms with van der Waals surface area (Å²) in [6, 6.07) is 11.9. The van der Waals surface area contributed by atoms with Gasteiger partial charge in [0.25, 0.3) is 5.91 Å². The fourth-order valence-corrected chi connectivity index (χ4v) is 3.51. The normalized spacial score (nSPS) is 15.9. The number of ether oxygens (including phenoxy) is 1. The molecule has 0 saturated heterocycles. The summed E-state index contributed by atoms with van der Waals surface area (Å²) < 4.78 is 5.76. The summed E-state index contributed by atoms with van der Waals surface area (Å²) in [6.07, 6.45) is 4.05. The smallest absolute Gasteiger partial charge is 0.254 e. The third kappa shape index (κ3) is 3.53. The number of aromatic nitrogens is 2. The molecule has 0 aliphatic carbocycles. The molecule has 1 N–H and O–H groups in total. The van der Waals surface area contributed by atoms with Gasteiger partial charge in [0.2, 0.25) is 0 Å². The molecule has 0 fully saturated rings. The second-order valence-electron chi connectivity index (χ2n) is 5.97. The van der Waals surface area contributed by atoms with E-state index in [0.717, 1.165) is 17.0 Å². The van der Waals surface area contributed by atoms with E-state index in [1.807, 2.05) is 35.7 Å². The van der Waals surface area contributed by atoms with Crippen molar-refractivity contribution in [2.75, 3.05) is 13.2 Å². The van der Waals surface area contributed by atoms with E-state index in [2.05, 4.69) is 21.4 Å². The minimum absolute atomic E-state index is 0.156. The van der Waals surface area contributed by atoms with Gasteiger partial charge < -0.3 is 10.1 Å². The van der Waals surface area contributed by atoms with Gasteiger partial charge in [0.15, 0.2) is 5.82 Å². The molecule has 4 rings (SSSR count). The summed E-state index contributed by atoms with van der Waals surface area (Å²) in [4.78, 5) is 21.9. The van der Waals surface area contributed by atoms with Gasteiger partial charge in [-0.2, -0.15) is 0 Å². The van der Waals surface area contributed by atoms with Crippen molar-refractivity contribution >= 4 is 17.2 Å². The van der Waals surface area contributed by atoms with Crippen molar-refractivity contribution in [2.45, 2.75) is 6.42 Å². The molecule has 1 amide bonds. The van der Waals surface area contributed by atoms with Crippen LogP contribution in [0.4, 0.5) is 0 Å². The second-order valence-corrected chi connectivity index (χ2v) is 6.92. The average Bonchev–Trinajstić information content (AvgIpc) is 3.21. The van der Waals surface area contributed by atoms with E-state index in [-0.39, 0.29) is 11.8 Å². The third-order valence-electron chi connectivity index (χ3n) is 4.16. The first-order valence-corrected chi connectivity index (χ1v) is 9.02. The first-order chi connectivity index (χ1) is 12.3. The molecular weight excluding hydrogens is 334 g/mol. The Morgan fingerprint density at radius 2 is 2.04 bits per heavy atom. The molecule has 1 aliphatic rings. The van der Waals surface area contributed by atoms with Crippen molar-refractivity contribution in [2.24, 2.45) is 5.92 Å². The number of fused-ring (bicyclic) bond motifs is 1. The molecule has 3 aromatic rings. The number of para-hydroxylation sites is 1. The Kier molecular flexibility index (Phi) is 4.43. The Balaban J connectivity index is 1.35. The predicted octanol–water partition coefficient (Wildman–Crippen LogP) is 3.19. The molecule has 25 heavy (non-hydrogen) atoms. The van der Waals surface area contributed by atoms with Crippen LogP contribution in [0.15, 0.2) is 54.2 Å². The number of nitrogens with zero attached hydrogens (tertiary/aromatic N) is 2. The summed E-state index contributed by atoms with van der Waals surface area (Å²) in [5, 5.41) is 4.93. The van der Waals surface area contributed by atoms with Crippen molar-refractivity contribution in [3.05, 3.63) is 65.3 Å². The monoisotopic (exact) mass is 351 g/mol. The van der Waals surface area contributed by atoms with Crippen molar-refractivity contribution in [3.63, 3.8) is 0 Å². The van der Waals surface area contributed by atoms with Crippen LogP contribution in [0.3, 0.4) is 0 Å². The molecule has 1 atom stereocenters. The van der Waals surface area contributed by atoms with Gasteiger partial charge in [-0.3, -0.25) is 4.79 Å². The number of benzene rings is 1. The Morgan fingerprint density at radius 3 is 2.84 bits per heavy atom. The zero-order valence-corrected chi connectivity index (χ0v) is 14.3. The number of thiophene rings is 1. The molecule has 0 bridgehead atoms. The van der Waals surface area contributed by atoms with E-state index >= 15 is 0 Å². The molecule has 3 heterocycles. The maximum atomic E-state index is 12.3. The fourth-order valence-electron chi connectivity index (χ4n) is 2.84. The second kappa shape index (κ2) is 7.03. The van der Waals surface area contributed by atoms with Gasteiger partial charge in [0.05, 0.1) is 17.0 Å². The number of nitrogens with one attached hydrogen (secondary N) is 1. The molecular formula is C19H17N3O2S. The fraction of sp³-hybridized carbons (Fsp3) is 0.211. The third-order valence-corrected chi connectivity index (χ3v) is 5.03. The van der Waals surface area contributed by atoms with Crippen molar-refractivity contribution < 1.29 is 9.53 Å². The summed E-state index contributed by atoms with van der Waals surface area (Å²) in [5.74, 6) is 1.70. The number of amides is 1. The number of rotatable bonds is 4. The van der Waals surface area contributed by atoms with Gasteiger partial charge in [-0.05, 0) is 29.5 Å². The van der Waals surface area contributed by atoms with Gasteiger partial charge >= 0.3 is 0 Å². The SMILES string of the molecule is O=C(NCC1COc2ccccc2C1)c1cnc(-c2cccs2)nc1. The number of hydrogen-bond donors (Lipinski definition) is 1. The summed E-state index contributed by atoms with van der Waals surface area (Å²) in [6.45, 7) is 1.19. The Labute approximate surface area is 149 Å². The molecule has 0 spiro atoms. The van der Waals surface area contributed by atoms with Crippen LogP contribution in [0, 0.1) is 5.92 Å². The molecule has 2 aromatic heterocycles. The lowest BCUT2D eigenvalue weighted by atomic mass is 9.97. The standard InChI is InChI=1S/C19H17N3O2S/c23-19(15-10-20-18(21-11-15)17-6-3-7-25-17)22-9-13-8-14-4-1-2-5-16(14)24-12-13/h1-7,10-11,13H,8-9,12H2,(H,22,23). The van der Waals surface area contributed by atoms with Gasteiger partial charge in [-0.25, -0.2) is 9.97 Å². The van der Waals surface area contributed by atoms with Gasteiger partial charge in [0, 0.05) is 24.9 Å². The largest absolute Gasteiger partial charge is 0.493 e. The summed E-state index contributed by atoms with van der Waals surface area (Å²) in [7, 11) is 0. The van der Waals surface area contributed by atoms with Crippen LogP contribution in [0.25, 0.3) is 10.7 Å². The Morgan fingerprint density at radius 1 is 1.20 bits per heavy atom. The lowest BCUT2D eigenvalue weighted by Gasteiger charge is -2.25. The van der Waals surface area contributed by atoms with Crippen LogP contribution in [0.2, 0.25) is 0 Å². The lowest BCUT2D eigenvalue weighted by molar-refractivity contribution is 0.0938. The van der Waals surface area contributed by atoms with Crippen LogP contribution in [-0.4, -0.2) is 29.0 Å². The highest BCUT2D eigenvalue weighted by molar-refractivity contribution is 7.13. The first kappa shape index (κ1) is 15.8. The summed E-state index contributed by atoms with van der Waals surface area (Å²) >= 11 is 1.57. The lowest BCUT2D eigenvalue weighted by Crippen LogP contribution is -2.34. The predicted molar refractivity (Wildman–Crippen MR) is 96.8 cm³/mol. The van der Waals surface area contributed by atoms with Gasteiger partial charge in [-0.1, -0.05) is 24.3 Å². The average molecular weight is 351 g/mol. The topological polar surface area (TPSA) is 64.1 Å². The van der Waals surface area contributed by atoms with E-state index in [1.54, 1.807) is 23.7 Å². The first-order valence-electron chi connectivity index (χ1n) is 8.14.